The molecule has 5 nitrogen and oxygen atoms in total. The Bertz CT molecular complexity index is 316. The van der Waals surface area contributed by atoms with Gasteiger partial charge in [0.15, 0.2) is 0 Å². The Hall–Kier alpha value is 0.180. The highest BCUT2D eigenvalue weighted by Crippen LogP contribution is 2.14. The zero-order valence-corrected chi connectivity index (χ0v) is 12.5. The smallest absolute Gasteiger partial charge is 0.282 e. The summed E-state index contributed by atoms with van der Waals surface area (Å²) < 4.78 is 27.7. The van der Waals surface area contributed by atoms with Crippen LogP contribution in [0.4, 0.5) is 0 Å². The number of hydrogen-bond acceptors (Lipinski definition) is 4. The molecule has 102 valence electrons. The number of rotatable bonds is 6. The fourth-order valence-corrected chi connectivity index (χ4v) is 3.90. The van der Waals surface area contributed by atoms with E-state index in [1.54, 1.807) is 23.1 Å². The molecule has 1 aliphatic heterocycles. The third-order valence-corrected chi connectivity index (χ3v) is 5.88. The molecule has 0 aromatic heterocycles. The third-order valence-electron chi connectivity index (χ3n) is 3.13. The Morgan fingerprint density at radius 2 is 2.00 bits per heavy atom. The molecule has 0 bridgehead atoms. The van der Waals surface area contributed by atoms with Crippen molar-refractivity contribution in [1.29, 1.82) is 0 Å². The summed E-state index contributed by atoms with van der Waals surface area (Å²) in [5.74, 6) is 0.989. The van der Waals surface area contributed by atoms with Gasteiger partial charge in [-0.05, 0) is 25.4 Å². The highest BCUT2D eigenvalue weighted by Gasteiger charge is 2.30. The highest BCUT2D eigenvalue weighted by molar-refractivity contribution is 7.98. The van der Waals surface area contributed by atoms with Crippen LogP contribution in [0.15, 0.2) is 0 Å². The summed E-state index contributed by atoms with van der Waals surface area (Å²) in [5, 5.41) is 3.16. The van der Waals surface area contributed by atoms with Gasteiger partial charge in [0.05, 0.1) is 0 Å². The monoisotopic (exact) mass is 281 g/mol. The summed E-state index contributed by atoms with van der Waals surface area (Å²) in [6.45, 7) is 4.60. The Balaban J connectivity index is 2.61. The molecule has 0 saturated carbocycles. The van der Waals surface area contributed by atoms with Gasteiger partial charge in [-0.25, -0.2) is 0 Å². The van der Waals surface area contributed by atoms with E-state index < -0.39 is 10.2 Å². The highest BCUT2D eigenvalue weighted by atomic mass is 32.2. The molecule has 1 fully saturated rings. The van der Waals surface area contributed by atoms with Crippen molar-refractivity contribution >= 4 is 22.0 Å². The summed E-state index contributed by atoms with van der Waals surface area (Å²) in [6.07, 6.45) is 2.93. The molecule has 0 aliphatic carbocycles. The molecule has 1 rings (SSSR count). The quantitative estimate of drug-likeness (QED) is 0.756. The lowest BCUT2D eigenvalue weighted by atomic mass is 10.3. The Labute approximate surface area is 109 Å². The van der Waals surface area contributed by atoms with Gasteiger partial charge in [-0.2, -0.15) is 28.8 Å². The van der Waals surface area contributed by atoms with Gasteiger partial charge in [0.1, 0.15) is 0 Å². The van der Waals surface area contributed by atoms with Gasteiger partial charge in [0.2, 0.25) is 0 Å². The van der Waals surface area contributed by atoms with E-state index in [9.17, 15) is 8.42 Å². The van der Waals surface area contributed by atoms with Crippen LogP contribution in [0.3, 0.4) is 0 Å². The number of nitrogens with zero attached hydrogens (tertiary/aromatic N) is 2. The van der Waals surface area contributed by atoms with Crippen LogP contribution in [0.5, 0.6) is 0 Å². The van der Waals surface area contributed by atoms with E-state index in [4.69, 9.17) is 0 Å². The van der Waals surface area contributed by atoms with Gasteiger partial charge in [0, 0.05) is 39.3 Å². The lowest BCUT2D eigenvalue weighted by molar-refractivity contribution is 0.301. The van der Waals surface area contributed by atoms with Crippen LogP contribution in [-0.4, -0.2) is 68.3 Å². The van der Waals surface area contributed by atoms with Gasteiger partial charge in [-0.15, -0.1) is 0 Å². The summed E-state index contributed by atoms with van der Waals surface area (Å²) in [5.41, 5.74) is 0. The second-order valence-electron chi connectivity index (χ2n) is 4.30. The molecule has 1 saturated heterocycles. The molecular weight excluding hydrogens is 258 g/mol. The molecule has 1 unspecified atom stereocenters. The molecular formula is C10H23N3O2S2. The van der Waals surface area contributed by atoms with Crippen molar-refractivity contribution in [3.63, 3.8) is 0 Å². The molecule has 0 aromatic carbocycles. The van der Waals surface area contributed by atoms with Crippen molar-refractivity contribution < 1.29 is 8.42 Å². The first kappa shape index (κ1) is 15.2. The zero-order valence-electron chi connectivity index (χ0n) is 10.8. The second-order valence-corrected chi connectivity index (χ2v) is 7.28. The van der Waals surface area contributed by atoms with Gasteiger partial charge < -0.3 is 5.32 Å². The van der Waals surface area contributed by atoms with Crippen molar-refractivity contribution in [3.8, 4) is 0 Å². The standard InChI is InChI=1S/C10H23N3O2S2/c1-10(4-9-16-3)12(2)17(14,15)13-7-5-11-6-8-13/h10-11H,4-9H2,1-3H3. The Morgan fingerprint density at radius 1 is 1.41 bits per heavy atom. The first-order valence-corrected chi connectivity index (χ1v) is 8.72. The van der Waals surface area contributed by atoms with E-state index in [1.165, 1.54) is 4.31 Å². The van der Waals surface area contributed by atoms with E-state index >= 15 is 0 Å². The Morgan fingerprint density at radius 3 is 2.53 bits per heavy atom. The summed E-state index contributed by atoms with van der Waals surface area (Å²) in [6, 6.07) is 0.0577. The molecule has 0 radical (unpaired) electrons. The van der Waals surface area contributed by atoms with Crippen molar-refractivity contribution in [2.75, 3.05) is 45.2 Å². The lowest BCUT2D eigenvalue weighted by Gasteiger charge is -2.33. The predicted octanol–water partition coefficient (Wildman–Crippen LogP) is 0.210. The minimum Gasteiger partial charge on any atom is -0.314 e. The first-order valence-electron chi connectivity index (χ1n) is 5.93. The van der Waals surface area contributed by atoms with Crippen LogP contribution in [0.2, 0.25) is 0 Å². The first-order chi connectivity index (χ1) is 8.00. The van der Waals surface area contributed by atoms with Crippen LogP contribution < -0.4 is 5.32 Å². The molecule has 1 atom stereocenters. The summed E-state index contributed by atoms with van der Waals surface area (Å²) in [7, 11) is -1.59. The summed E-state index contributed by atoms with van der Waals surface area (Å²) >= 11 is 1.75. The number of hydrogen-bond donors (Lipinski definition) is 1. The predicted molar refractivity (Wildman–Crippen MR) is 73.6 cm³/mol. The van der Waals surface area contributed by atoms with E-state index in [0.29, 0.717) is 13.1 Å². The maximum Gasteiger partial charge on any atom is 0.282 e. The van der Waals surface area contributed by atoms with E-state index in [-0.39, 0.29) is 6.04 Å². The molecule has 7 heteroatoms. The minimum atomic E-state index is -3.27. The molecule has 0 aromatic rings. The molecule has 1 aliphatic rings. The van der Waals surface area contributed by atoms with Crippen LogP contribution >= 0.6 is 11.8 Å². The normalized spacial score (nSPS) is 20.7. The topological polar surface area (TPSA) is 52.7 Å². The van der Waals surface area contributed by atoms with Gasteiger partial charge in [0.25, 0.3) is 10.2 Å². The fourth-order valence-electron chi connectivity index (χ4n) is 1.75. The summed E-state index contributed by atoms with van der Waals surface area (Å²) in [4.78, 5) is 0. The van der Waals surface area contributed by atoms with Crippen molar-refractivity contribution in [2.45, 2.75) is 19.4 Å². The van der Waals surface area contributed by atoms with E-state index in [1.807, 2.05) is 13.2 Å². The van der Waals surface area contributed by atoms with Gasteiger partial charge in [-0.3, -0.25) is 0 Å². The molecule has 1 N–H and O–H groups in total. The molecule has 0 spiro atoms. The molecule has 1 heterocycles. The zero-order chi connectivity index (χ0) is 12.9. The van der Waals surface area contributed by atoms with E-state index in [2.05, 4.69) is 5.32 Å². The van der Waals surface area contributed by atoms with Crippen molar-refractivity contribution in [2.24, 2.45) is 0 Å². The maximum atomic E-state index is 12.3. The maximum absolute atomic E-state index is 12.3. The average molecular weight is 281 g/mol. The van der Waals surface area contributed by atoms with Crippen LogP contribution in [0.1, 0.15) is 13.3 Å². The van der Waals surface area contributed by atoms with Gasteiger partial charge in [-0.1, -0.05) is 0 Å². The molecule has 0 amide bonds. The largest absolute Gasteiger partial charge is 0.314 e. The molecule has 17 heavy (non-hydrogen) atoms. The van der Waals surface area contributed by atoms with Crippen LogP contribution in [0.25, 0.3) is 0 Å². The van der Waals surface area contributed by atoms with Gasteiger partial charge >= 0.3 is 0 Å². The lowest BCUT2D eigenvalue weighted by Crippen LogP contribution is -2.52. The fraction of sp³-hybridized carbons (Fsp3) is 1.00. The van der Waals surface area contributed by atoms with Crippen molar-refractivity contribution in [3.05, 3.63) is 0 Å². The third kappa shape index (κ3) is 4.10. The van der Waals surface area contributed by atoms with Crippen LogP contribution in [0, 0.1) is 0 Å². The number of piperazine rings is 1. The average Bonchev–Trinajstić information content (AvgIpc) is 2.36. The van der Waals surface area contributed by atoms with E-state index in [0.717, 1.165) is 25.3 Å². The minimum absolute atomic E-state index is 0.0577. The Kier molecular flexibility index (Phi) is 6.22. The van der Waals surface area contributed by atoms with Crippen molar-refractivity contribution in [1.82, 2.24) is 13.9 Å². The second kappa shape index (κ2) is 6.94. The number of nitrogens with one attached hydrogen (secondary N) is 1. The number of thioether (sulfide) groups is 1. The SMILES string of the molecule is CSCCC(C)N(C)S(=O)(=O)N1CCNCC1. The van der Waals surface area contributed by atoms with Crippen LogP contribution in [-0.2, 0) is 10.2 Å².